The lowest BCUT2D eigenvalue weighted by atomic mass is 10.1. The van der Waals surface area contributed by atoms with E-state index < -0.39 is 4.92 Å². The molecule has 0 aliphatic carbocycles. The average Bonchev–Trinajstić information content (AvgIpc) is 2.43. The zero-order valence-corrected chi connectivity index (χ0v) is 12.3. The highest BCUT2D eigenvalue weighted by Crippen LogP contribution is 2.33. The van der Waals surface area contributed by atoms with E-state index in [1.807, 2.05) is 39.1 Å². The Morgan fingerprint density at radius 2 is 1.71 bits per heavy atom. The van der Waals surface area contributed by atoms with Crippen LogP contribution in [0.5, 0.6) is 11.5 Å². The summed E-state index contributed by atoms with van der Waals surface area (Å²) in [7, 11) is 1.85. The van der Waals surface area contributed by atoms with Gasteiger partial charge >= 0.3 is 5.69 Å². The fraction of sp³-hybridized carbons (Fsp3) is 0.250. The molecule has 5 heteroatoms. The Morgan fingerprint density at radius 3 is 2.33 bits per heavy atom. The SMILES string of the molecule is CNCc1cc(C)ccc1Oc1ccc(C)cc1[N+](=O)[O-]. The molecule has 2 aromatic carbocycles. The molecule has 1 N–H and O–H groups in total. The van der Waals surface area contributed by atoms with Crippen LogP contribution in [-0.2, 0) is 6.54 Å². The molecule has 0 heterocycles. The summed E-state index contributed by atoms with van der Waals surface area (Å²) in [4.78, 5) is 10.7. The van der Waals surface area contributed by atoms with E-state index in [0.717, 1.165) is 16.7 Å². The third kappa shape index (κ3) is 3.58. The third-order valence-corrected chi connectivity index (χ3v) is 3.11. The molecule has 0 fully saturated rings. The zero-order valence-electron chi connectivity index (χ0n) is 12.3. The minimum absolute atomic E-state index is 0.0222. The van der Waals surface area contributed by atoms with Gasteiger partial charge in [0.1, 0.15) is 5.75 Å². The van der Waals surface area contributed by atoms with Crippen molar-refractivity contribution in [1.82, 2.24) is 5.32 Å². The van der Waals surface area contributed by atoms with Crippen LogP contribution in [0.2, 0.25) is 0 Å². The van der Waals surface area contributed by atoms with Crippen LogP contribution >= 0.6 is 0 Å². The van der Waals surface area contributed by atoms with Gasteiger partial charge in [0.15, 0.2) is 0 Å². The molecular formula is C16H18N2O3. The Morgan fingerprint density at radius 1 is 1.10 bits per heavy atom. The van der Waals surface area contributed by atoms with Gasteiger partial charge in [-0.3, -0.25) is 10.1 Å². The van der Waals surface area contributed by atoms with Gasteiger partial charge < -0.3 is 10.1 Å². The van der Waals surface area contributed by atoms with E-state index >= 15 is 0 Å². The van der Waals surface area contributed by atoms with Crippen LogP contribution in [0.3, 0.4) is 0 Å². The van der Waals surface area contributed by atoms with Crippen LogP contribution in [-0.4, -0.2) is 12.0 Å². The summed E-state index contributed by atoms with van der Waals surface area (Å²) in [6.45, 7) is 4.45. The van der Waals surface area contributed by atoms with Gasteiger partial charge in [-0.1, -0.05) is 23.8 Å². The second-order valence-corrected chi connectivity index (χ2v) is 4.97. The van der Waals surface area contributed by atoms with E-state index in [0.29, 0.717) is 12.3 Å². The zero-order chi connectivity index (χ0) is 15.4. The number of nitro groups is 1. The van der Waals surface area contributed by atoms with Crippen molar-refractivity contribution in [3.63, 3.8) is 0 Å². The van der Waals surface area contributed by atoms with Crippen LogP contribution in [0.1, 0.15) is 16.7 Å². The maximum atomic E-state index is 11.1. The maximum absolute atomic E-state index is 11.1. The number of ether oxygens (including phenoxy) is 1. The molecule has 0 bridgehead atoms. The molecule has 0 spiro atoms. The predicted molar refractivity (Wildman–Crippen MR) is 81.9 cm³/mol. The predicted octanol–water partition coefficient (Wildman–Crippen LogP) is 3.72. The van der Waals surface area contributed by atoms with Gasteiger partial charge in [0.2, 0.25) is 5.75 Å². The first kappa shape index (κ1) is 15.0. The Kier molecular flexibility index (Phi) is 4.55. The number of rotatable bonds is 5. The van der Waals surface area contributed by atoms with E-state index in [1.165, 1.54) is 6.07 Å². The van der Waals surface area contributed by atoms with Gasteiger partial charge in [-0.15, -0.1) is 0 Å². The minimum atomic E-state index is -0.422. The van der Waals surface area contributed by atoms with Crippen molar-refractivity contribution in [2.75, 3.05) is 7.05 Å². The van der Waals surface area contributed by atoms with Crippen LogP contribution in [0.4, 0.5) is 5.69 Å². The number of aryl methyl sites for hydroxylation is 2. The standard InChI is InChI=1S/C16H18N2O3/c1-11-4-6-15(13(8-11)10-17-3)21-16-7-5-12(2)9-14(16)18(19)20/h4-9,17H,10H2,1-3H3. The lowest BCUT2D eigenvalue weighted by molar-refractivity contribution is -0.385. The molecule has 2 aromatic rings. The van der Waals surface area contributed by atoms with Crippen molar-refractivity contribution in [2.24, 2.45) is 0 Å². The number of nitrogens with zero attached hydrogens (tertiary/aromatic N) is 1. The molecule has 0 amide bonds. The Balaban J connectivity index is 2.40. The minimum Gasteiger partial charge on any atom is -0.450 e. The number of benzene rings is 2. The van der Waals surface area contributed by atoms with Crippen molar-refractivity contribution in [3.8, 4) is 11.5 Å². The highest BCUT2D eigenvalue weighted by molar-refractivity contribution is 5.51. The van der Waals surface area contributed by atoms with E-state index in [2.05, 4.69) is 5.32 Å². The first-order valence-electron chi connectivity index (χ1n) is 6.68. The fourth-order valence-electron chi connectivity index (χ4n) is 2.11. The highest BCUT2D eigenvalue weighted by Gasteiger charge is 2.17. The third-order valence-electron chi connectivity index (χ3n) is 3.11. The van der Waals surface area contributed by atoms with Gasteiger partial charge in [-0.2, -0.15) is 0 Å². The normalized spacial score (nSPS) is 10.4. The first-order valence-corrected chi connectivity index (χ1v) is 6.68. The van der Waals surface area contributed by atoms with Crippen LogP contribution < -0.4 is 10.1 Å². The number of hydrogen-bond acceptors (Lipinski definition) is 4. The quantitative estimate of drug-likeness (QED) is 0.672. The second-order valence-electron chi connectivity index (χ2n) is 4.97. The van der Waals surface area contributed by atoms with Crippen molar-refractivity contribution < 1.29 is 9.66 Å². The Bertz CT molecular complexity index is 669. The van der Waals surface area contributed by atoms with Crippen LogP contribution in [0.15, 0.2) is 36.4 Å². The molecule has 0 unspecified atom stereocenters. The molecule has 0 aliphatic rings. The number of nitrogens with one attached hydrogen (secondary N) is 1. The summed E-state index contributed by atoms with van der Waals surface area (Å²) < 4.78 is 5.78. The largest absolute Gasteiger partial charge is 0.450 e. The molecule has 21 heavy (non-hydrogen) atoms. The molecular weight excluding hydrogens is 268 g/mol. The summed E-state index contributed by atoms with van der Waals surface area (Å²) in [5.74, 6) is 0.883. The summed E-state index contributed by atoms with van der Waals surface area (Å²) in [6, 6.07) is 10.7. The molecule has 0 atom stereocenters. The topological polar surface area (TPSA) is 64.4 Å². The smallest absolute Gasteiger partial charge is 0.311 e. The molecule has 110 valence electrons. The Hall–Kier alpha value is -2.40. The highest BCUT2D eigenvalue weighted by atomic mass is 16.6. The van der Waals surface area contributed by atoms with E-state index in [4.69, 9.17) is 4.74 Å². The maximum Gasteiger partial charge on any atom is 0.311 e. The summed E-state index contributed by atoms with van der Waals surface area (Å²) in [5, 5.41) is 14.2. The molecule has 5 nitrogen and oxygen atoms in total. The van der Waals surface area contributed by atoms with Crippen molar-refractivity contribution >= 4 is 5.69 Å². The van der Waals surface area contributed by atoms with Gasteiger partial charge in [-0.05, 0) is 38.6 Å². The molecule has 0 saturated carbocycles. The van der Waals surface area contributed by atoms with Crippen molar-refractivity contribution in [1.29, 1.82) is 0 Å². The number of nitro benzene ring substituents is 1. The van der Waals surface area contributed by atoms with Gasteiger partial charge in [0.05, 0.1) is 4.92 Å². The second kappa shape index (κ2) is 6.37. The molecule has 2 rings (SSSR count). The van der Waals surface area contributed by atoms with Gasteiger partial charge in [-0.25, -0.2) is 0 Å². The first-order chi connectivity index (χ1) is 10.0. The molecule has 0 aliphatic heterocycles. The fourth-order valence-corrected chi connectivity index (χ4v) is 2.11. The van der Waals surface area contributed by atoms with E-state index in [9.17, 15) is 10.1 Å². The van der Waals surface area contributed by atoms with Gasteiger partial charge in [0, 0.05) is 18.2 Å². The van der Waals surface area contributed by atoms with Gasteiger partial charge in [0.25, 0.3) is 0 Å². The van der Waals surface area contributed by atoms with Crippen LogP contribution in [0, 0.1) is 24.0 Å². The summed E-state index contributed by atoms with van der Waals surface area (Å²) >= 11 is 0. The number of hydrogen-bond donors (Lipinski definition) is 1. The molecule has 0 aromatic heterocycles. The molecule has 0 saturated heterocycles. The lowest BCUT2D eigenvalue weighted by Crippen LogP contribution is -2.07. The average molecular weight is 286 g/mol. The lowest BCUT2D eigenvalue weighted by Gasteiger charge is -2.12. The van der Waals surface area contributed by atoms with Crippen LogP contribution in [0.25, 0.3) is 0 Å². The van der Waals surface area contributed by atoms with Crippen molar-refractivity contribution in [3.05, 3.63) is 63.2 Å². The Labute approximate surface area is 123 Å². The monoisotopic (exact) mass is 286 g/mol. The summed E-state index contributed by atoms with van der Waals surface area (Å²) in [5.41, 5.74) is 2.89. The molecule has 0 radical (unpaired) electrons. The van der Waals surface area contributed by atoms with Crippen molar-refractivity contribution in [2.45, 2.75) is 20.4 Å². The van der Waals surface area contributed by atoms with E-state index in [1.54, 1.807) is 12.1 Å². The summed E-state index contributed by atoms with van der Waals surface area (Å²) in [6.07, 6.45) is 0. The van der Waals surface area contributed by atoms with E-state index in [-0.39, 0.29) is 11.4 Å².